The average molecular weight is 546 g/mol. The largest absolute Gasteiger partial charge is 0.486 e. The molecule has 2 aromatic rings. The number of ether oxygens (including phenoxy) is 2. The summed E-state index contributed by atoms with van der Waals surface area (Å²) < 4.78 is 41.8. The second kappa shape index (κ2) is 11.5. The van der Waals surface area contributed by atoms with E-state index in [2.05, 4.69) is 17.0 Å². The Labute approximate surface area is 223 Å². The molecular formula is C27H35N3O7S. The number of hydrogen-bond acceptors (Lipinski definition) is 8. The Hall–Kier alpha value is -2.89. The summed E-state index contributed by atoms with van der Waals surface area (Å²) in [5, 5.41) is 0. The maximum Gasteiger partial charge on any atom is 0.410 e. The highest BCUT2D eigenvalue weighted by Crippen LogP contribution is 2.25. The van der Waals surface area contributed by atoms with Crippen molar-refractivity contribution in [3.63, 3.8) is 0 Å². The third-order valence-electron chi connectivity index (χ3n) is 7.62. The number of likely N-dealkylation sites (tertiary alicyclic amines) is 1. The molecule has 38 heavy (non-hydrogen) atoms. The van der Waals surface area contributed by atoms with E-state index in [1.54, 1.807) is 4.90 Å². The van der Waals surface area contributed by atoms with Crippen molar-refractivity contribution in [1.29, 1.82) is 0 Å². The first-order valence-electron chi connectivity index (χ1n) is 13.2. The maximum absolute atomic E-state index is 12.6. The number of piperidine rings is 2. The van der Waals surface area contributed by atoms with Crippen molar-refractivity contribution < 1.29 is 27.1 Å². The van der Waals surface area contributed by atoms with Crippen molar-refractivity contribution in [3.8, 4) is 5.75 Å². The lowest BCUT2D eigenvalue weighted by Crippen LogP contribution is -2.44. The van der Waals surface area contributed by atoms with Crippen LogP contribution >= 0.6 is 0 Å². The van der Waals surface area contributed by atoms with Crippen molar-refractivity contribution in [2.75, 3.05) is 39.0 Å². The molecule has 0 radical (unpaired) electrons. The van der Waals surface area contributed by atoms with Gasteiger partial charge in [-0.15, -0.1) is 0 Å². The van der Waals surface area contributed by atoms with E-state index in [-0.39, 0.29) is 29.3 Å². The van der Waals surface area contributed by atoms with Crippen molar-refractivity contribution >= 4 is 16.1 Å². The predicted molar refractivity (Wildman–Crippen MR) is 140 cm³/mol. The zero-order chi connectivity index (χ0) is 26.7. The van der Waals surface area contributed by atoms with Gasteiger partial charge in [0.15, 0.2) is 0 Å². The number of carbonyl (C=O) groups excluding carboxylic acids is 1. The molecule has 1 aromatic heterocycles. The number of rotatable bonds is 7. The monoisotopic (exact) mass is 545 g/mol. The van der Waals surface area contributed by atoms with Crippen LogP contribution in [0.2, 0.25) is 0 Å². The van der Waals surface area contributed by atoms with Gasteiger partial charge < -0.3 is 18.8 Å². The van der Waals surface area contributed by atoms with Crippen molar-refractivity contribution in [2.24, 2.45) is 5.92 Å². The zero-order valence-electron chi connectivity index (χ0n) is 21.7. The summed E-state index contributed by atoms with van der Waals surface area (Å²) in [4.78, 5) is 29.1. The van der Waals surface area contributed by atoms with Gasteiger partial charge in [-0.05, 0) is 42.7 Å². The van der Waals surface area contributed by atoms with E-state index in [1.165, 1.54) is 34.0 Å². The lowest BCUT2D eigenvalue weighted by molar-refractivity contribution is 0.0307. The molecule has 2 fully saturated rings. The third kappa shape index (κ3) is 6.57. The second-order valence-electron chi connectivity index (χ2n) is 10.5. The van der Waals surface area contributed by atoms with Gasteiger partial charge in [-0.2, -0.15) is 0 Å². The number of sulfonamides is 1. The molecule has 4 heterocycles. The smallest absolute Gasteiger partial charge is 0.410 e. The van der Waals surface area contributed by atoms with Gasteiger partial charge in [0, 0.05) is 45.3 Å². The Bertz CT molecular complexity index is 1270. The van der Waals surface area contributed by atoms with Crippen LogP contribution in [0, 0.1) is 5.92 Å². The SMILES string of the molecule is CS(=O)(=O)N1CCC(OC(=O)N2CCC(COc3coc(CN4Cc5ccccc5C4)cc3=O)CC2)CC1. The highest BCUT2D eigenvalue weighted by molar-refractivity contribution is 7.88. The fraction of sp³-hybridized carbons (Fsp3) is 0.556. The van der Waals surface area contributed by atoms with Gasteiger partial charge >= 0.3 is 6.09 Å². The van der Waals surface area contributed by atoms with E-state index in [0.29, 0.717) is 57.9 Å². The molecule has 0 N–H and O–H groups in total. The standard InChI is InChI=1S/C27H35N3O7S/c1-38(33,34)30-12-8-23(9-13-30)37-27(32)29-10-6-20(7-11-29)18-36-26-19-35-24(14-25(26)31)17-28-15-21-4-2-3-5-22(21)16-28/h2-5,14,19-20,23H,6-13,15-18H2,1H3. The fourth-order valence-corrected chi connectivity index (χ4v) is 6.23. The van der Waals surface area contributed by atoms with Crippen LogP contribution < -0.4 is 10.2 Å². The summed E-state index contributed by atoms with van der Waals surface area (Å²) in [6.07, 6.45) is 4.52. The predicted octanol–water partition coefficient (Wildman–Crippen LogP) is 2.81. The quantitative estimate of drug-likeness (QED) is 0.523. The maximum atomic E-state index is 12.6. The summed E-state index contributed by atoms with van der Waals surface area (Å²) in [7, 11) is -3.21. The van der Waals surface area contributed by atoms with Crippen molar-refractivity contribution in [3.05, 3.63) is 63.7 Å². The van der Waals surface area contributed by atoms with Gasteiger partial charge in [-0.25, -0.2) is 17.5 Å². The van der Waals surface area contributed by atoms with E-state index in [4.69, 9.17) is 13.9 Å². The molecule has 0 unspecified atom stereocenters. The van der Waals surface area contributed by atoms with Crippen LogP contribution in [0.1, 0.15) is 42.6 Å². The van der Waals surface area contributed by atoms with Crippen LogP contribution in [0.4, 0.5) is 4.79 Å². The van der Waals surface area contributed by atoms with Gasteiger partial charge in [0.2, 0.25) is 21.2 Å². The molecule has 0 saturated carbocycles. The number of amides is 1. The van der Waals surface area contributed by atoms with Crippen molar-refractivity contribution in [1.82, 2.24) is 14.1 Å². The Morgan fingerprint density at radius 1 is 1.03 bits per heavy atom. The first-order chi connectivity index (χ1) is 18.2. The van der Waals surface area contributed by atoms with E-state index >= 15 is 0 Å². The van der Waals surface area contributed by atoms with Gasteiger partial charge in [0.05, 0.1) is 19.4 Å². The molecule has 11 heteroatoms. The number of nitrogens with zero attached hydrogens (tertiary/aromatic N) is 3. The summed E-state index contributed by atoms with van der Waals surface area (Å²) >= 11 is 0. The van der Waals surface area contributed by atoms with Crippen LogP contribution in [-0.2, 0) is 34.4 Å². The molecule has 5 rings (SSSR count). The molecule has 0 spiro atoms. The third-order valence-corrected chi connectivity index (χ3v) is 8.93. The van der Waals surface area contributed by atoms with Crippen LogP contribution in [0.5, 0.6) is 5.75 Å². The summed E-state index contributed by atoms with van der Waals surface area (Å²) in [6, 6.07) is 9.85. The molecule has 3 aliphatic rings. The number of carbonyl (C=O) groups is 1. The Morgan fingerprint density at radius 2 is 1.68 bits per heavy atom. The van der Waals surface area contributed by atoms with Gasteiger partial charge in [0.25, 0.3) is 0 Å². The minimum absolute atomic E-state index is 0.189. The van der Waals surface area contributed by atoms with Gasteiger partial charge in [0.1, 0.15) is 18.1 Å². The van der Waals surface area contributed by atoms with Crippen LogP contribution in [0.3, 0.4) is 0 Å². The first kappa shape index (κ1) is 26.7. The van der Waals surface area contributed by atoms with E-state index in [9.17, 15) is 18.0 Å². The highest BCUT2D eigenvalue weighted by Gasteiger charge is 2.30. The molecule has 206 valence electrons. The molecule has 0 aliphatic carbocycles. The molecular weight excluding hydrogens is 510 g/mol. The summed E-state index contributed by atoms with van der Waals surface area (Å²) in [5.74, 6) is 1.05. The number of hydrogen-bond donors (Lipinski definition) is 0. The summed E-state index contributed by atoms with van der Waals surface area (Å²) in [5.41, 5.74) is 2.43. The molecule has 3 aliphatic heterocycles. The molecule has 0 atom stereocenters. The number of benzene rings is 1. The minimum atomic E-state index is -3.21. The molecule has 1 amide bonds. The molecule has 10 nitrogen and oxygen atoms in total. The van der Waals surface area contributed by atoms with Crippen molar-refractivity contribution in [2.45, 2.75) is 51.4 Å². The van der Waals surface area contributed by atoms with Crippen LogP contribution in [-0.4, -0.2) is 73.8 Å². The normalized spacial score (nSPS) is 19.9. The lowest BCUT2D eigenvalue weighted by atomic mass is 9.98. The number of fused-ring (bicyclic) bond motifs is 1. The Kier molecular flexibility index (Phi) is 8.06. The zero-order valence-corrected chi connectivity index (χ0v) is 22.5. The van der Waals surface area contributed by atoms with Gasteiger partial charge in [-0.3, -0.25) is 9.69 Å². The average Bonchev–Trinajstić information content (AvgIpc) is 3.30. The highest BCUT2D eigenvalue weighted by atomic mass is 32.2. The Balaban J connectivity index is 1.03. The minimum Gasteiger partial charge on any atom is -0.486 e. The van der Waals surface area contributed by atoms with E-state index in [0.717, 1.165) is 25.9 Å². The van der Waals surface area contributed by atoms with E-state index in [1.807, 2.05) is 12.1 Å². The molecule has 2 saturated heterocycles. The molecule has 0 bridgehead atoms. The topological polar surface area (TPSA) is 110 Å². The lowest BCUT2D eigenvalue weighted by Gasteiger charge is -2.34. The van der Waals surface area contributed by atoms with E-state index < -0.39 is 10.0 Å². The second-order valence-corrected chi connectivity index (χ2v) is 12.5. The fourth-order valence-electron chi connectivity index (χ4n) is 5.35. The van der Waals surface area contributed by atoms with Crippen LogP contribution in [0.15, 0.2) is 45.8 Å². The molecule has 1 aromatic carbocycles. The Morgan fingerprint density at radius 3 is 2.29 bits per heavy atom. The summed E-state index contributed by atoms with van der Waals surface area (Å²) in [6.45, 7) is 4.49. The van der Waals surface area contributed by atoms with Gasteiger partial charge in [-0.1, -0.05) is 24.3 Å². The van der Waals surface area contributed by atoms with Crippen LogP contribution in [0.25, 0.3) is 0 Å². The first-order valence-corrected chi connectivity index (χ1v) is 15.0.